The van der Waals surface area contributed by atoms with Crippen molar-refractivity contribution in [3.63, 3.8) is 0 Å². The van der Waals surface area contributed by atoms with E-state index in [1.807, 2.05) is 43.3 Å². The molecule has 0 aliphatic carbocycles. The number of piperazine rings is 1. The molecule has 3 aromatic carbocycles. The number of anilines is 1. The highest BCUT2D eigenvalue weighted by Gasteiger charge is 2.21. The zero-order valence-corrected chi connectivity index (χ0v) is 17.7. The lowest BCUT2D eigenvalue weighted by Crippen LogP contribution is -2.52. The fourth-order valence-corrected chi connectivity index (χ4v) is 4.25. The highest BCUT2D eigenvalue weighted by atomic mass is 35.5. The number of fused-ring (bicyclic) bond motifs is 1. The van der Waals surface area contributed by atoms with Crippen LogP contribution in [0.3, 0.4) is 0 Å². The first-order chi connectivity index (χ1) is 14.6. The van der Waals surface area contributed by atoms with Gasteiger partial charge in [0, 0.05) is 31.4 Å². The zero-order chi connectivity index (χ0) is 21.1. The maximum absolute atomic E-state index is 13.1. The Labute approximate surface area is 181 Å². The monoisotopic (exact) mass is 423 g/mol. The summed E-state index contributed by atoms with van der Waals surface area (Å²) in [5.41, 5.74) is 2.46. The molecule has 1 saturated heterocycles. The van der Waals surface area contributed by atoms with E-state index in [1.54, 1.807) is 6.07 Å². The van der Waals surface area contributed by atoms with E-state index in [-0.39, 0.29) is 24.6 Å². The van der Waals surface area contributed by atoms with Gasteiger partial charge in [0.15, 0.2) is 0 Å². The van der Waals surface area contributed by atoms with E-state index in [1.165, 1.54) is 0 Å². The molecule has 1 aliphatic heterocycles. The first-order valence-corrected chi connectivity index (χ1v) is 10.6. The average Bonchev–Trinajstić information content (AvgIpc) is 2.78. The summed E-state index contributed by atoms with van der Waals surface area (Å²) in [6.07, 6.45) is 0. The van der Waals surface area contributed by atoms with Crippen LogP contribution in [-0.2, 0) is 0 Å². The minimum absolute atomic E-state index is 0.0260. The molecule has 2 atom stereocenters. The summed E-state index contributed by atoms with van der Waals surface area (Å²) in [6, 6.07) is 19.7. The van der Waals surface area contributed by atoms with Crippen LogP contribution in [0.5, 0.6) is 0 Å². The summed E-state index contributed by atoms with van der Waals surface area (Å²) >= 11 is 6.38. The van der Waals surface area contributed by atoms with Gasteiger partial charge in [0.25, 0.3) is 5.91 Å². The predicted octanol–water partition coefficient (Wildman–Crippen LogP) is 3.75. The molecule has 4 rings (SSSR count). The maximum atomic E-state index is 13.1. The van der Waals surface area contributed by atoms with Gasteiger partial charge in [-0.15, -0.1) is 0 Å². The van der Waals surface area contributed by atoms with Crippen LogP contribution in [0.1, 0.15) is 28.9 Å². The largest absolute Gasteiger partial charge is 0.395 e. The smallest absolute Gasteiger partial charge is 0.253 e. The van der Waals surface area contributed by atoms with Gasteiger partial charge < -0.3 is 20.6 Å². The second-order valence-electron chi connectivity index (χ2n) is 7.71. The van der Waals surface area contributed by atoms with Crippen molar-refractivity contribution in [2.45, 2.75) is 19.0 Å². The third-order valence-corrected chi connectivity index (χ3v) is 6.00. The van der Waals surface area contributed by atoms with E-state index in [2.05, 4.69) is 33.7 Å². The predicted molar refractivity (Wildman–Crippen MR) is 122 cm³/mol. The molecule has 156 valence electrons. The molecule has 0 spiro atoms. The Hall–Kier alpha value is -2.60. The molecule has 1 aliphatic rings. The number of aliphatic hydroxyl groups excluding tert-OH is 1. The molecule has 0 saturated carbocycles. The lowest BCUT2D eigenvalue weighted by Gasteiger charge is -2.34. The van der Waals surface area contributed by atoms with E-state index < -0.39 is 0 Å². The van der Waals surface area contributed by atoms with Gasteiger partial charge in [0.2, 0.25) is 0 Å². The van der Waals surface area contributed by atoms with Crippen molar-refractivity contribution in [2.75, 3.05) is 31.1 Å². The minimum Gasteiger partial charge on any atom is -0.395 e. The fraction of sp³-hybridized carbons (Fsp3) is 0.292. The molecule has 3 N–H and O–H groups in total. The topological polar surface area (TPSA) is 64.6 Å². The average molecular weight is 424 g/mol. The van der Waals surface area contributed by atoms with Gasteiger partial charge in [-0.2, -0.15) is 0 Å². The first kappa shape index (κ1) is 20.7. The number of hydrogen-bond donors (Lipinski definition) is 3. The van der Waals surface area contributed by atoms with Gasteiger partial charge >= 0.3 is 0 Å². The number of benzene rings is 3. The van der Waals surface area contributed by atoms with Crippen LogP contribution < -0.4 is 15.5 Å². The highest BCUT2D eigenvalue weighted by molar-refractivity contribution is 6.34. The molecular weight excluding hydrogens is 398 g/mol. The Kier molecular flexibility index (Phi) is 6.23. The van der Waals surface area contributed by atoms with Gasteiger partial charge in [0.05, 0.1) is 23.2 Å². The van der Waals surface area contributed by atoms with Crippen LogP contribution in [0.4, 0.5) is 5.69 Å². The van der Waals surface area contributed by atoms with E-state index in [4.69, 9.17) is 11.6 Å². The molecule has 0 bridgehead atoms. The summed E-state index contributed by atoms with van der Waals surface area (Å²) in [5.74, 6) is -0.198. The first-order valence-electron chi connectivity index (χ1n) is 10.2. The molecule has 0 aromatic heterocycles. The zero-order valence-electron chi connectivity index (χ0n) is 16.9. The Morgan fingerprint density at radius 1 is 1.23 bits per heavy atom. The number of nitrogens with zero attached hydrogens (tertiary/aromatic N) is 1. The molecule has 2 unspecified atom stereocenters. The SMILES string of the molecule is CC(NC(=O)c1cc(N2CCNC(CO)C2)ccc1Cl)c1cccc2ccccc12. The van der Waals surface area contributed by atoms with Crippen molar-refractivity contribution in [1.29, 1.82) is 0 Å². The Morgan fingerprint density at radius 2 is 2.03 bits per heavy atom. The Balaban J connectivity index is 1.55. The van der Waals surface area contributed by atoms with Crippen molar-refractivity contribution in [3.05, 3.63) is 76.8 Å². The molecule has 30 heavy (non-hydrogen) atoms. The van der Waals surface area contributed by atoms with Crippen molar-refractivity contribution in [3.8, 4) is 0 Å². The number of hydrogen-bond acceptors (Lipinski definition) is 4. The summed E-state index contributed by atoms with van der Waals surface area (Å²) in [7, 11) is 0. The third-order valence-electron chi connectivity index (χ3n) is 5.67. The molecule has 1 amide bonds. The van der Waals surface area contributed by atoms with Crippen LogP contribution in [-0.4, -0.2) is 43.3 Å². The second kappa shape index (κ2) is 9.04. The lowest BCUT2D eigenvalue weighted by atomic mass is 9.99. The third kappa shape index (κ3) is 4.29. The van der Waals surface area contributed by atoms with E-state index in [9.17, 15) is 9.90 Å². The maximum Gasteiger partial charge on any atom is 0.253 e. The Morgan fingerprint density at radius 3 is 2.87 bits per heavy atom. The van der Waals surface area contributed by atoms with Gasteiger partial charge in [-0.25, -0.2) is 0 Å². The van der Waals surface area contributed by atoms with E-state index in [0.29, 0.717) is 17.1 Å². The summed E-state index contributed by atoms with van der Waals surface area (Å²) in [5, 5.41) is 18.5. The van der Waals surface area contributed by atoms with Crippen molar-refractivity contribution < 1.29 is 9.90 Å². The molecule has 0 radical (unpaired) electrons. The molecule has 1 heterocycles. The van der Waals surface area contributed by atoms with Crippen LogP contribution in [0.15, 0.2) is 60.7 Å². The Bertz CT molecular complexity index is 1050. The quantitative estimate of drug-likeness (QED) is 0.584. The number of rotatable bonds is 5. The molecule has 1 fully saturated rings. The van der Waals surface area contributed by atoms with Gasteiger partial charge in [0.1, 0.15) is 0 Å². The van der Waals surface area contributed by atoms with Gasteiger partial charge in [-0.3, -0.25) is 4.79 Å². The number of aliphatic hydroxyl groups is 1. The summed E-state index contributed by atoms with van der Waals surface area (Å²) in [4.78, 5) is 15.2. The molecule has 3 aromatic rings. The number of carbonyl (C=O) groups is 1. The standard InChI is InChI=1S/C24H26ClN3O2/c1-16(20-8-4-6-17-5-2-3-7-21(17)20)27-24(30)22-13-19(9-10-23(22)25)28-12-11-26-18(14-28)15-29/h2-10,13,16,18,26,29H,11-12,14-15H2,1H3,(H,27,30). The van der Waals surface area contributed by atoms with Crippen LogP contribution in [0.2, 0.25) is 5.02 Å². The van der Waals surface area contributed by atoms with Gasteiger partial charge in [-0.05, 0) is 41.5 Å². The molecular formula is C24H26ClN3O2. The van der Waals surface area contributed by atoms with Crippen molar-refractivity contribution in [2.24, 2.45) is 0 Å². The molecule has 6 heteroatoms. The molecule has 5 nitrogen and oxygen atoms in total. The van der Waals surface area contributed by atoms with Crippen LogP contribution >= 0.6 is 11.6 Å². The van der Waals surface area contributed by atoms with E-state index in [0.717, 1.165) is 35.1 Å². The fourth-order valence-electron chi connectivity index (χ4n) is 4.05. The minimum atomic E-state index is -0.198. The summed E-state index contributed by atoms with van der Waals surface area (Å²) in [6.45, 7) is 4.35. The number of halogens is 1. The van der Waals surface area contributed by atoms with Gasteiger partial charge in [-0.1, -0.05) is 54.1 Å². The van der Waals surface area contributed by atoms with Crippen LogP contribution in [0.25, 0.3) is 10.8 Å². The lowest BCUT2D eigenvalue weighted by molar-refractivity contribution is 0.0940. The van der Waals surface area contributed by atoms with E-state index >= 15 is 0 Å². The number of carbonyl (C=O) groups excluding carboxylic acids is 1. The second-order valence-corrected chi connectivity index (χ2v) is 8.11. The van der Waals surface area contributed by atoms with Crippen molar-refractivity contribution in [1.82, 2.24) is 10.6 Å². The highest BCUT2D eigenvalue weighted by Crippen LogP contribution is 2.27. The van der Waals surface area contributed by atoms with Crippen molar-refractivity contribution >= 4 is 34.0 Å². The summed E-state index contributed by atoms with van der Waals surface area (Å²) < 4.78 is 0. The number of amides is 1. The normalized spacial score (nSPS) is 17.7. The number of nitrogens with one attached hydrogen (secondary N) is 2. The van der Waals surface area contributed by atoms with Crippen LogP contribution in [0, 0.1) is 0 Å².